The van der Waals surface area contributed by atoms with E-state index in [0.29, 0.717) is 5.56 Å². The molecule has 0 aromatic heterocycles. The number of amides is 1. The third kappa shape index (κ3) is 3.49. The summed E-state index contributed by atoms with van der Waals surface area (Å²) in [5, 5.41) is 14.2. The van der Waals surface area contributed by atoms with Crippen molar-refractivity contribution in [3.05, 3.63) is 64.4 Å². The number of hydrogen-bond acceptors (Lipinski definition) is 3. The Kier molecular flexibility index (Phi) is 4.39. The Morgan fingerprint density at radius 1 is 1.24 bits per heavy atom. The number of anilines is 1. The van der Waals surface area contributed by atoms with Gasteiger partial charge in [0.05, 0.1) is 10.7 Å². The van der Waals surface area contributed by atoms with E-state index in [9.17, 15) is 9.18 Å². The molecular weight excluding hydrogens is 297 g/mol. The summed E-state index contributed by atoms with van der Waals surface area (Å²) < 4.78 is 13.1. The summed E-state index contributed by atoms with van der Waals surface area (Å²) in [5.41, 5.74) is 6.27. The zero-order chi connectivity index (χ0) is 15.4. The van der Waals surface area contributed by atoms with Gasteiger partial charge in [0.25, 0.3) is 5.91 Å². The van der Waals surface area contributed by atoms with E-state index in [1.165, 1.54) is 24.3 Å². The fraction of sp³-hybridized carbons (Fsp3) is 0. The van der Waals surface area contributed by atoms with Crippen molar-refractivity contribution in [2.45, 2.75) is 0 Å². The van der Waals surface area contributed by atoms with Crippen molar-refractivity contribution in [3.63, 3.8) is 0 Å². The van der Waals surface area contributed by atoms with E-state index in [1.807, 2.05) is 0 Å². The molecule has 0 bridgehead atoms. The van der Waals surface area contributed by atoms with Crippen LogP contribution < -0.4 is 11.1 Å². The van der Waals surface area contributed by atoms with Crippen molar-refractivity contribution >= 4 is 29.0 Å². The Morgan fingerprint density at radius 3 is 2.67 bits per heavy atom. The summed E-state index contributed by atoms with van der Waals surface area (Å²) in [6.45, 7) is 0. The van der Waals surface area contributed by atoms with Crippen LogP contribution in [0.2, 0.25) is 5.02 Å². The zero-order valence-electron chi connectivity index (χ0n) is 10.7. The van der Waals surface area contributed by atoms with Gasteiger partial charge in [0.2, 0.25) is 0 Å². The second-order valence-corrected chi connectivity index (χ2v) is 4.55. The summed E-state index contributed by atoms with van der Waals surface area (Å²) in [7, 11) is 0. The van der Waals surface area contributed by atoms with E-state index in [-0.39, 0.29) is 22.1 Å². The van der Waals surface area contributed by atoms with Crippen molar-refractivity contribution in [2.24, 2.45) is 10.9 Å². The minimum absolute atomic E-state index is 0.117. The largest absolute Gasteiger partial charge is 0.409 e. The maximum Gasteiger partial charge on any atom is 0.255 e. The molecule has 0 radical (unpaired) electrons. The third-order valence-electron chi connectivity index (χ3n) is 2.70. The molecule has 108 valence electrons. The number of benzene rings is 2. The lowest BCUT2D eigenvalue weighted by Gasteiger charge is -2.08. The number of amidine groups is 1. The predicted octanol–water partition coefficient (Wildman–Crippen LogP) is 2.83. The third-order valence-corrected chi connectivity index (χ3v) is 3.03. The number of nitrogens with one attached hydrogen (secondary N) is 1. The number of oxime groups is 1. The minimum Gasteiger partial charge on any atom is -0.409 e. The Hall–Kier alpha value is -2.60. The summed E-state index contributed by atoms with van der Waals surface area (Å²) in [5.74, 6) is -1.12. The van der Waals surface area contributed by atoms with Crippen LogP contribution in [0.5, 0.6) is 0 Å². The molecule has 2 aromatic carbocycles. The maximum absolute atomic E-state index is 13.1. The van der Waals surface area contributed by atoms with Gasteiger partial charge < -0.3 is 16.3 Å². The van der Waals surface area contributed by atoms with E-state index < -0.39 is 11.7 Å². The van der Waals surface area contributed by atoms with Gasteiger partial charge in [-0.05, 0) is 30.3 Å². The van der Waals surface area contributed by atoms with Crippen LogP contribution in [0, 0.1) is 5.82 Å². The van der Waals surface area contributed by atoms with Crippen LogP contribution >= 0.6 is 11.6 Å². The summed E-state index contributed by atoms with van der Waals surface area (Å²) in [4.78, 5) is 12.1. The molecule has 0 fully saturated rings. The molecule has 0 aliphatic heterocycles. The standard InChI is InChI=1S/C14H11ClFN3O2/c15-11-5-4-10(16)7-12(11)18-14(20)9-3-1-2-8(6-9)13(17)19-21/h1-7,21H,(H2,17,19)(H,18,20). The van der Waals surface area contributed by atoms with Crippen LogP contribution in [0.3, 0.4) is 0 Å². The number of carbonyl (C=O) groups excluding carboxylic acids is 1. The first kappa shape index (κ1) is 14.8. The molecule has 0 heterocycles. The monoisotopic (exact) mass is 307 g/mol. The van der Waals surface area contributed by atoms with E-state index in [0.717, 1.165) is 6.07 Å². The van der Waals surface area contributed by atoms with E-state index in [2.05, 4.69) is 10.5 Å². The maximum atomic E-state index is 13.1. The van der Waals surface area contributed by atoms with Gasteiger partial charge in [-0.1, -0.05) is 28.9 Å². The molecule has 0 spiro atoms. The Labute approximate surface area is 124 Å². The summed E-state index contributed by atoms with van der Waals surface area (Å²) in [6, 6.07) is 9.80. The molecule has 0 unspecified atom stereocenters. The van der Waals surface area contributed by atoms with Gasteiger partial charge in [-0.25, -0.2) is 4.39 Å². The molecule has 1 amide bonds. The Morgan fingerprint density at radius 2 is 1.95 bits per heavy atom. The number of halogens is 2. The first-order chi connectivity index (χ1) is 10.0. The van der Waals surface area contributed by atoms with Crippen LogP contribution in [0.15, 0.2) is 47.6 Å². The fourth-order valence-corrected chi connectivity index (χ4v) is 1.83. The molecule has 7 heteroatoms. The van der Waals surface area contributed by atoms with E-state index >= 15 is 0 Å². The van der Waals surface area contributed by atoms with Crippen molar-refractivity contribution < 1.29 is 14.4 Å². The molecular formula is C14H11ClFN3O2. The van der Waals surface area contributed by atoms with Crippen molar-refractivity contribution in [2.75, 3.05) is 5.32 Å². The van der Waals surface area contributed by atoms with Crippen molar-refractivity contribution in [1.82, 2.24) is 0 Å². The van der Waals surface area contributed by atoms with Gasteiger partial charge in [-0.2, -0.15) is 0 Å². The average molecular weight is 308 g/mol. The second-order valence-electron chi connectivity index (χ2n) is 4.14. The summed E-state index contributed by atoms with van der Waals surface area (Å²) >= 11 is 5.88. The van der Waals surface area contributed by atoms with E-state index in [4.69, 9.17) is 22.5 Å². The van der Waals surface area contributed by atoms with Gasteiger partial charge in [0.1, 0.15) is 5.82 Å². The topological polar surface area (TPSA) is 87.7 Å². The number of nitrogens with two attached hydrogens (primary N) is 1. The molecule has 0 atom stereocenters. The van der Waals surface area contributed by atoms with Crippen LogP contribution in [0.1, 0.15) is 15.9 Å². The highest BCUT2D eigenvalue weighted by atomic mass is 35.5. The lowest BCUT2D eigenvalue weighted by Crippen LogP contribution is -2.16. The Bertz CT molecular complexity index is 719. The van der Waals surface area contributed by atoms with Gasteiger partial charge >= 0.3 is 0 Å². The van der Waals surface area contributed by atoms with Crippen LogP contribution in [-0.2, 0) is 0 Å². The summed E-state index contributed by atoms with van der Waals surface area (Å²) in [6.07, 6.45) is 0. The van der Waals surface area contributed by atoms with Crippen LogP contribution in [-0.4, -0.2) is 17.0 Å². The minimum atomic E-state index is -0.514. The molecule has 21 heavy (non-hydrogen) atoms. The van der Waals surface area contributed by atoms with Crippen molar-refractivity contribution in [3.8, 4) is 0 Å². The molecule has 4 N–H and O–H groups in total. The first-order valence-electron chi connectivity index (χ1n) is 5.85. The molecule has 5 nitrogen and oxygen atoms in total. The van der Waals surface area contributed by atoms with Crippen LogP contribution in [0.4, 0.5) is 10.1 Å². The number of hydrogen-bond donors (Lipinski definition) is 3. The highest BCUT2D eigenvalue weighted by Crippen LogP contribution is 2.23. The van der Waals surface area contributed by atoms with Gasteiger partial charge in [0.15, 0.2) is 5.84 Å². The molecule has 2 rings (SSSR count). The number of rotatable bonds is 3. The molecule has 0 saturated heterocycles. The van der Waals surface area contributed by atoms with Crippen molar-refractivity contribution in [1.29, 1.82) is 0 Å². The van der Waals surface area contributed by atoms with Gasteiger partial charge in [-0.3, -0.25) is 4.79 Å². The quantitative estimate of drug-likeness (QED) is 0.352. The fourth-order valence-electron chi connectivity index (χ4n) is 1.67. The first-order valence-corrected chi connectivity index (χ1v) is 6.23. The zero-order valence-corrected chi connectivity index (χ0v) is 11.4. The highest BCUT2D eigenvalue weighted by Gasteiger charge is 2.11. The predicted molar refractivity (Wildman–Crippen MR) is 78.3 cm³/mol. The Balaban J connectivity index is 2.26. The molecule has 0 saturated carbocycles. The highest BCUT2D eigenvalue weighted by molar-refractivity contribution is 6.33. The lowest BCUT2D eigenvalue weighted by molar-refractivity contribution is 0.102. The molecule has 2 aromatic rings. The van der Waals surface area contributed by atoms with Crippen LogP contribution in [0.25, 0.3) is 0 Å². The normalized spacial score (nSPS) is 11.2. The lowest BCUT2D eigenvalue weighted by atomic mass is 10.1. The SMILES string of the molecule is N/C(=N/O)c1cccc(C(=O)Nc2cc(F)ccc2Cl)c1. The average Bonchev–Trinajstić information content (AvgIpc) is 2.50. The number of nitrogens with zero attached hydrogens (tertiary/aromatic N) is 1. The smallest absolute Gasteiger partial charge is 0.255 e. The molecule has 0 aliphatic rings. The number of carbonyl (C=O) groups is 1. The second kappa shape index (κ2) is 6.23. The van der Waals surface area contributed by atoms with Gasteiger partial charge in [-0.15, -0.1) is 0 Å². The van der Waals surface area contributed by atoms with Gasteiger partial charge in [0, 0.05) is 11.1 Å². The molecule has 0 aliphatic carbocycles. The van der Waals surface area contributed by atoms with E-state index in [1.54, 1.807) is 12.1 Å².